The molecule has 90 valence electrons. The van der Waals surface area contributed by atoms with Gasteiger partial charge in [-0.3, -0.25) is 0 Å². The van der Waals surface area contributed by atoms with Gasteiger partial charge in [0.05, 0.1) is 0 Å². The van der Waals surface area contributed by atoms with E-state index in [9.17, 15) is 0 Å². The van der Waals surface area contributed by atoms with Gasteiger partial charge < -0.3 is 5.32 Å². The molecule has 0 bridgehead atoms. The Morgan fingerprint density at radius 1 is 1.07 bits per heavy atom. The molecule has 0 aromatic carbocycles. The highest BCUT2D eigenvalue weighted by Crippen LogP contribution is 2.26. The quantitative estimate of drug-likeness (QED) is 0.696. The van der Waals surface area contributed by atoms with Gasteiger partial charge in [0, 0.05) is 5.54 Å². The number of nitrogens with one attached hydrogen (secondary N) is 1. The van der Waals surface area contributed by atoms with E-state index < -0.39 is 0 Å². The summed E-state index contributed by atoms with van der Waals surface area (Å²) >= 11 is 0. The van der Waals surface area contributed by atoms with Crippen molar-refractivity contribution in [1.82, 2.24) is 5.32 Å². The second-order valence-corrected chi connectivity index (χ2v) is 5.49. The van der Waals surface area contributed by atoms with Crippen molar-refractivity contribution in [3.8, 4) is 0 Å². The van der Waals surface area contributed by atoms with E-state index >= 15 is 0 Å². The van der Waals surface area contributed by atoms with Gasteiger partial charge in [-0.05, 0) is 38.6 Å². The lowest BCUT2D eigenvalue weighted by atomic mass is 9.86. The van der Waals surface area contributed by atoms with Gasteiger partial charge in [-0.1, -0.05) is 46.0 Å². The fourth-order valence-corrected chi connectivity index (χ4v) is 2.55. The van der Waals surface area contributed by atoms with Crippen LogP contribution in [0.25, 0.3) is 0 Å². The molecule has 1 saturated carbocycles. The van der Waals surface area contributed by atoms with E-state index in [0.717, 1.165) is 5.92 Å². The molecule has 1 rings (SSSR count). The van der Waals surface area contributed by atoms with E-state index in [1.165, 1.54) is 57.9 Å². The first-order chi connectivity index (χ1) is 7.20. The Kier molecular flexibility index (Phi) is 5.66. The number of rotatable bonds is 6. The first kappa shape index (κ1) is 13.0. The van der Waals surface area contributed by atoms with Crippen LogP contribution in [0.5, 0.6) is 0 Å². The Morgan fingerprint density at radius 3 is 2.20 bits per heavy atom. The number of hydrogen-bond acceptors (Lipinski definition) is 1. The van der Waals surface area contributed by atoms with Crippen LogP contribution in [0, 0.1) is 5.92 Å². The van der Waals surface area contributed by atoms with E-state index in [0.29, 0.717) is 5.54 Å². The minimum Gasteiger partial charge on any atom is -0.312 e. The molecule has 0 heterocycles. The second-order valence-electron chi connectivity index (χ2n) is 5.49. The Morgan fingerprint density at radius 2 is 1.67 bits per heavy atom. The van der Waals surface area contributed by atoms with Gasteiger partial charge in [-0.25, -0.2) is 0 Å². The highest BCUT2D eigenvalue weighted by atomic mass is 15.0. The van der Waals surface area contributed by atoms with Gasteiger partial charge in [0.2, 0.25) is 0 Å². The second kappa shape index (κ2) is 6.52. The molecule has 1 aliphatic rings. The molecule has 0 unspecified atom stereocenters. The van der Waals surface area contributed by atoms with Gasteiger partial charge in [0.25, 0.3) is 0 Å². The van der Waals surface area contributed by atoms with Crippen LogP contribution in [0.4, 0.5) is 0 Å². The normalized spacial score (nSPS) is 19.4. The van der Waals surface area contributed by atoms with Crippen molar-refractivity contribution in [2.75, 3.05) is 6.54 Å². The van der Waals surface area contributed by atoms with Crippen molar-refractivity contribution in [3.05, 3.63) is 0 Å². The average molecular weight is 211 g/mol. The summed E-state index contributed by atoms with van der Waals surface area (Å²) in [7, 11) is 0. The van der Waals surface area contributed by atoms with Crippen LogP contribution in [0.3, 0.4) is 0 Å². The molecule has 0 aromatic heterocycles. The fraction of sp³-hybridized carbons (Fsp3) is 1.00. The molecule has 1 N–H and O–H groups in total. The predicted molar refractivity (Wildman–Crippen MR) is 68.2 cm³/mol. The minimum absolute atomic E-state index is 0.384. The maximum Gasteiger partial charge on any atom is 0.0148 e. The van der Waals surface area contributed by atoms with Crippen LogP contribution in [0.1, 0.15) is 72.1 Å². The Balaban J connectivity index is 2.14. The smallest absolute Gasteiger partial charge is 0.0148 e. The zero-order valence-corrected chi connectivity index (χ0v) is 10.9. The van der Waals surface area contributed by atoms with E-state index in [2.05, 4.69) is 26.1 Å². The van der Waals surface area contributed by atoms with Crippen molar-refractivity contribution < 1.29 is 0 Å². The topological polar surface area (TPSA) is 12.0 Å². The third kappa shape index (κ3) is 4.55. The highest BCUT2D eigenvalue weighted by molar-refractivity contribution is 4.80. The van der Waals surface area contributed by atoms with Crippen molar-refractivity contribution in [2.45, 2.75) is 77.7 Å². The Bertz CT molecular complexity index is 155. The summed E-state index contributed by atoms with van der Waals surface area (Å²) in [6.07, 6.45) is 11.3. The van der Waals surface area contributed by atoms with Crippen LogP contribution < -0.4 is 5.32 Å². The molecular weight excluding hydrogens is 182 g/mol. The standard InChI is InChI=1S/C14H29N/c1-4-14(3,5-2)15-12-11-13-9-7-6-8-10-13/h13,15H,4-12H2,1-3H3. The van der Waals surface area contributed by atoms with E-state index in [-0.39, 0.29) is 0 Å². The lowest BCUT2D eigenvalue weighted by molar-refractivity contribution is 0.288. The van der Waals surface area contributed by atoms with Gasteiger partial charge in [-0.15, -0.1) is 0 Å². The summed E-state index contributed by atoms with van der Waals surface area (Å²) in [6.45, 7) is 8.16. The highest BCUT2D eigenvalue weighted by Gasteiger charge is 2.19. The maximum absolute atomic E-state index is 3.74. The van der Waals surface area contributed by atoms with Crippen LogP contribution in [0.2, 0.25) is 0 Å². The molecule has 1 aliphatic carbocycles. The Labute approximate surface area is 96.0 Å². The molecule has 1 fully saturated rings. The molecule has 1 nitrogen and oxygen atoms in total. The zero-order chi connectivity index (χ0) is 11.1. The third-order valence-electron chi connectivity index (χ3n) is 4.39. The molecule has 0 atom stereocenters. The monoisotopic (exact) mass is 211 g/mol. The summed E-state index contributed by atoms with van der Waals surface area (Å²) in [5.41, 5.74) is 0.384. The SMILES string of the molecule is CCC(C)(CC)NCCC1CCCCC1. The molecule has 0 radical (unpaired) electrons. The average Bonchev–Trinajstić information content (AvgIpc) is 2.30. The van der Waals surface area contributed by atoms with Crippen LogP contribution in [-0.4, -0.2) is 12.1 Å². The summed E-state index contributed by atoms with van der Waals surface area (Å²) in [4.78, 5) is 0. The van der Waals surface area contributed by atoms with Crippen LogP contribution >= 0.6 is 0 Å². The van der Waals surface area contributed by atoms with Crippen LogP contribution in [0.15, 0.2) is 0 Å². The van der Waals surface area contributed by atoms with Gasteiger partial charge in [-0.2, -0.15) is 0 Å². The molecule has 0 spiro atoms. The Hall–Kier alpha value is -0.0400. The molecule has 1 heteroatoms. The van der Waals surface area contributed by atoms with Crippen molar-refractivity contribution >= 4 is 0 Å². The van der Waals surface area contributed by atoms with Gasteiger partial charge in [0.1, 0.15) is 0 Å². The van der Waals surface area contributed by atoms with Gasteiger partial charge >= 0.3 is 0 Å². The first-order valence-electron chi connectivity index (χ1n) is 6.95. The maximum atomic E-state index is 3.74. The molecule has 0 saturated heterocycles. The first-order valence-corrected chi connectivity index (χ1v) is 6.95. The third-order valence-corrected chi connectivity index (χ3v) is 4.39. The van der Waals surface area contributed by atoms with Gasteiger partial charge in [0.15, 0.2) is 0 Å². The number of hydrogen-bond donors (Lipinski definition) is 1. The minimum atomic E-state index is 0.384. The molecular formula is C14H29N. The fourth-order valence-electron chi connectivity index (χ4n) is 2.55. The van der Waals surface area contributed by atoms with E-state index in [1.807, 2.05) is 0 Å². The summed E-state index contributed by atoms with van der Waals surface area (Å²) in [6, 6.07) is 0. The predicted octanol–water partition coefficient (Wildman–Crippen LogP) is 4.13. The van der Waals surface area contributed by atoms with Crippen molar-refractivity contribution in [3.63, 3.8) is 0 Å². The molecule has 15 heavy (non-hydrogen) atoms. The zero-order valence-electron chi connectivity index (χ0n) is 10.9. The van der Waals surface area contributed by atoms with Crippen LogP contribution in [-0.2, 0) is 0 Å². The molecule has 0 aliphatic heterocycles. The largest absolute Gasteiger partial charge is 0.312 e. The van der Waals surface area contributed by atoms with E-state index in [4.69, 9.17) is 0 Å². The summed E-state index contributed by atoms with van der Waals surface area (Å²) < 4.78 is 0. The van der Waals surface area contributed by atoms with E-state index in [1.54, 1.807) is 0 Å². The van der Waals surface area contributed by atoms with Crippen molar-refractivity contribution in [1.29, 1.82) is 0 Å². The lowest BCUT2D eigenvalue weighted by Gasteiger charge is -2.30. The molecule has 0 amide bonds. The summed E-state index contributed by atoms with van der Waals surface area (Å²) in [5.74, 6) is 1.02. The summed E-state index contributed by atoms with van der Waals surface area (Å²) in [5, 5.41) is 3.74. The van der Waals surface area contributed by atoms with Crippen molar-refractivity contribution in [2.24, 2.45) is 5.92 Å². The lowest BCUT2D eigenvalue weighted by Crippen LogP contribution is -2.42. The molecule has 0 aromatic rings.